The van der Waals surface area contributed by atoms with Crippen LogP contribution in [-0.4, -0.2) is 13.1 Å². The van der Waals surface area contributed by atoms with E-state index in [1.165, 1.54) is 19.3 Å². The first-order chi connectivity index (χ1) is 12.2. The molecule has 3 rings (SSSR count). The molecule has 0 atom stereocenters. The van der Waals surface area contributed by atoms with E-state index in [2.05, 4.69) is 0 Å². The van der Waals surface area contributed by atoms with Gasteiger partial charge < -0.3 is 9.47 Å². The molecule has 0 aliphatic rings. The van der Waals surface area contributed by atoms with Crippen LogP contribution < -0.4 is 9.47 Å². The fraction of sp³-hybridized carbons (Fsp3) is 0.0476. The van der Waals surface area contributed by atoms with Crippen LogP contribution in [0.4, 0.5) is 0 Å². The number of esters is 1. The van der Waals surface area contributed by atoms with Gasteiger partial charge in [-0.1, -0.05) is 42.5 Å². The van der Waals surface area contributed by atoms with E-state index in [-0.39, 0.29) is 5.75 Å². The van der Waals surface area contributed by atoms with Crippen molar-refractivity contribution in [2.75, 3.05) is 7.11 Å². The Morgan fingerprint density at radius 3 is 2.64 bits per heavy atom. The van der Waals surface area contributed by atoms with Gasteiger partial charge in [0.1, 0.15) is 0 Å². The average Bonchev–Trinajstić information content (AvgIpc) is 2.66. The van der Waals surface area contributed by atoms with E-state index in [1.54, 1.807) is 18.2 Å². The van der Waals surface area contributed by atoms with Gasteiger partial charge in [-0.25, -0.2) is 4.79 Å². The maximum Gasteiger partial charge on any atom is 0.336 e. The Hall–Kier alpha value is -3.58. The lowest BCUT2D eigenvalue weighted by molar-refractivity contribution is -0.129. The molecule has 25 heavy (non-hydrogen) atoms. The summed E-state index contributed by atoms with van der Waals surface area (Å²) in [6, 6.07) is 20.5. The molecule has 0 unspecified atom stereocenters. The number of nitriles is 1. The zero-order valence-corrected chi connectivity index (χ0v) is 13.6. The molecule has 0 aliphatic heterocycles. The zero-order valence-electron chi connectivity index (χ0n) is 13.6. The summed E-state index contributed by atoms with van der Waals surface area (Å²) < 4.78 is 10.5. The number of nitrogens with zero attached hydrogens (tertiary/aromatic N) is 1. The minimum absolute atomic E-state index is 0.272. The Labute approximate surface area is 145 Å². The van der Waals surface area contributed by atoms with Crippen molar-refractivity contribution in [3.63, 3.8) is 0 Å². The summed E-state index contributed by atoms with van der Waals surface area (Å²) in [6.45, 7) is 0. The summed E-state index contributed by atoms with van der Waals surface area (Å²) in [7, 11) is 1.46. The van der Waals surface area contributed by atoms with Crippen LogP contribution in [0.1, 0.15) is 11.1 Å². The highest BCUT2D eigenvalue weighted by Gasteiger charge is 2.09. The Bertz CT molecular complexity index is 994. The van der Waals surface area contributed by atoms with Gasteiger partial charge in [0, 0.05) is 12.1 Å². The van der Waals surface area contributed by atoms with Crippen molar-refractivity contribution in [2.24, 2.45) is 0 Å². The highest BCUT2D eigenvalue weighted by molar-refractivity contribution is 5.95. The van der Waals surface area contributed by atoms with Gasteiger partial charge in [-0.3, -0.25) is 0 Å². The zero-order chi connectivity index (χ0) is 17.6. The highest BCUT2D eigenvalue weighted by atomic mass is 16.6. The highest BCUT2D eigenvalue weighted by Crippen LogP contribution is 2.28. The van der Waals surface area contributed by atoms with E-state index in [9.17, 15) is 4.79 Å². The molecule has 0 heterocycles. The van der Waals surface area contributed by atoms with Crippen molar-refractivity contribution in [3.05, 3.63) is 77.9 Å². The molecule has 0 aliphatic carbocycles. The maximum absolute atomic E-state index is 12.1. The molecule has 0 N–H and O–H groups in total. The Kier molecular flexibility index (Phi) is 4.77. The van der Waals surface area contributed by atoms with E-state index in [1.807, 2.05) is 48.5 Å². The molecule has 0 amide bonds. The van der Waals surface area contributed by atoms with Gasteiger partial charge in [-0.05, 0) is 34.5 Å². The topological polar surface area (TPSA) is 59.3 Å². The average molecular weight is 329 g/mol. The number of methoxy groups -OCH3 is 1. The Morgan fingerprint density at radius 2 is 1.84 bits per heavy atom. The molecular weight excluding hydrogens is 314 g/mol. The molecule has 4 heteroatoms. The summed E-state index contributed by atoms with van der Waals surface area (Å²) in [5.74, 6) is 0.0935. The van der Waals surface area contributed by atoms with Crippen molar-refractivity contribution in [3.8, 4) is 17.6 Å². The van der Waals surface area contributed by atoms with Gasteiger partial charge in [0.15, 0.2) is 11.5 Å². The second kappa shape index (κ2) is 7.33. The van der Waals surface area contributed by atoms with E-state index in [0.717, 1.165) is 16.3 Å². The fourth-order valence-electron chi connectivity index (χ4n) is 2.52. The predicted octanol–water partition coefficient (Wildman–Crippen LogP) is 4.34. The lowest BCUT2D eigenvalue weighted by atomic mass is 10.0. The molecular formula is C21H15NO3. The number of rotatable bonds is 4. The van der Waals surface area contributed by atoms with Crippen LogP contribution in [0.3, 0.4) is 0 Å². The molecule has 0 saturated heterocycles. The number of carbonyl (C=O) groups excluding carboxylic acids is 1. The number of hydrogen-bond acceptors (Lipinski definition) is 4. The van der Waals surface area contributed by atoms with Crippen LogP contribution in [0.2, 0.25) is 0 Å². The fourth-order valence-corrected chi connectivity index (χ4v) is 2.52. The summed E-state index contributed by atoms with van der Waals surface area (Å²) in [5.41, 5.74) is 1.37. The van der Waals surface area contributed by atoms with Crippen molar-refractivity contribution in [2.45, 2.75) is 0 Å². The first kappa shape index (κ1) is 16.3. The molecule has 0 fully saturated rings. The lowest BCUT2D eigenvalue weighted by Gasteiger charge is -2.07. The number of benzene rings is 3. The third kappa shape index (κ3) is 3.67. The van der Waals surface area contributed by atoms with E-state index in [0.29, 0.717) is 11.3 Å². The normalized spacial score (nSPS) is 10.6. The van der Waals surface area contributed by atoms with E-state index >= 15 is 0 Å². The van der Waals surface area contributed by atoms with Gasteiger partial charge in [0.25, 0.3) is 0 Å². The van der Waals surface area contributed by atoms with Crippen LogP contribution in [0.5, 0.6) is 11.5 Å². The van der Waals surface area contributed by atoms with E-state index < -0.39 is 5.97 Å². The van der Waals surface area contributed by atoms with Gasteiger partial charge in [-0.15, -0.1) is 0 Å². The van der Waals surface area contributed by atoms with Crippen LogP contribution in [-0.2, 0) is 4.79 Å². The Balaban J connectivity index is 1.81. The largest absolute Gasteiger partial charge is 0.493 e. The standard InChI is InChI=1S/C21H15NO3/c1-24-20-13-15(14-22)9-11-19(20)25-21(23)12-10-17-7-4-6-16-5-2-3-8-18(16)17/h2-13H,1H3/b12-10+. The molecule has 122 valence electrons. The SMILES string of the molecule is COc1cc(C#N)ccc1OC(=O)/C=C/c1cccc2ccccc12. The third-order valence-corrected chi connectivity index (χ3v) is 3.73. The van der Waals surface area contributed by atoms with Crippen molar-refractivity contribution in [1.82, 2.24) is 0 Å². The van der Waals surface area contributed by atoms with Crippen molar-refractivity contribution < 1.29 is 14.3 Å². The monoisotopic (exact) mass is 329 g/mol. The number of hydrogen-bond donors (Lipinski definition) is 0. The first-order valence-corrected chi connectivity index (χ1v) is 7.67. The Morgan fingerprint density at radius 1 is 1.04 bits per heavy atom. The van der Waals surface area contributed by atoms with Crippen LogP contribution in [0.25, 0.3) is 16.8 Å². The second-order valence-corrected chi connectivity index (χ2v) is 5.30. The quantitative estimate of drug-likeness (QED) is 0.406. The molecule has 3 aromatic rings. The summed E-state index contributed by atoms with van der Waals surface area (Å²) >= 11 is 0. The molecule has 0 saturated carbocycles. The third-order valence-electron chi connectivity index (χ3n) is 3.73. The summed E-state index contributed by atoms with van der Waals surface area (Å²) in [4.78, 5) is 12.1. The molecule has 3 aromatic carbocycles. The molecule has 0 spiro atoms. The maximum atomic E-state index is 12.1. The van der Waals surface area contributed by atoms with Gasteiger partial charge >= 0.3 is 5.97 Å². The van der Waals surface area contributed by atoms with E-state index in [4.69, 9.17) is 14.7 Å². The van der Waals surface area contributed by atoms with Gasteiger partial charge in [0.05, 0.1) is 18.7 Å². The minimum Gasteiger partial charge on any atom is -0.493 e. The molecule has 4 nitrogen and oxygen atoms in total. The van der Waals surface area contributed by atoms with Crippen LogP contribution in [0.15, 0.2) is 66.7 Å². The summed E-state index contributed by atoms with van der Waals surface area (Å²) in [6.07, 6.45) is 3.10. The number of ether oxygens (including phenoxy) is 2. The smallest absolute Gasteiger partial charge is 0.336 e. The number of fused-ring (bicyclic) bond motifs is 1. The molecule has 0 aromatic heterocycles. The predicted molar refractivity (Wildman–Crippen MR) is 96.3 cm³/mol. The molecule has 0 radical (unpaired) electrons. The molecule has 0 bridgehead atoms. The van der Waals surface area contributed by atoms with Crippen LogP contribution in [0, 0.1) is 11.3 Å². The van der Waals surface area contributed by atoms with Crippen molar-refractivity contribution >= 4 is 22.8 Å². The van der Waals surface area contributed by atoms with Crippen molar-refractivity contribution in [1.29, 1.82) is 5.26 Å². The van der Waals surface area contributed by atoms with Crippen LogP contribution >= 0.6 is 0 Å². The number of carbonyl (C=O) groups is 1. The van der Waals surface area contributed by atoms with Gasteiger partial charge in [-0.2, -0.15) is 5.26 Å². The minimum atomic E-state index is -0.518. The summed E-state index contributed by atoms with van der Waals surface area (Å²) in [5, 5.41) is 11.1. The first-order valence-electron chi connectivity index (χ1n) is 7.67. The van der Waals surface area contributed by atoms with Gasteiger partial charge in [0.2, 0.25) is 0 Å². The second-order valence-electron chi connectivity index (χ2n) is 5.30. The lowest BCUT2D eigenvalue weighted by Crippen LogP contribution is -2.05.